The Kier molecular flexibility index (Phi) is 3.71. The van der Waals surface area contributed by atoms with Crippen molar-refractivity contribution >= 4 is 15.9 Å². The molecule has 0 saturated carbocycles. The second kappa shape index (κ2) is 4.59. The molecule has 1 aromatic heterocycles. The molecule has 0 fully saturated rings. The number of aromatic nitrogens is 2. The van der Waals surface area contributed by atoms with E-state index in [0.29, 0.717) is 13.2 Å². The standard InChI is InChI=1S/C7H11BrN2O2/c1-12-3-2-10-7(5-11)6(8)4-9-10/h4,11H,2-3,5H2,1H3. The maximum Gasteiger partial charge on any atom is 0.0861 e. The highest BCUT2D eigenvalue weighted by atomic mass is 79.9. The van der Waals surface area contributed by atoms with Crippen molar-refractivity contribution in [1.29, 1.82) is 0 Å². The van der Waals surface area contributed by atoms with Crippen molar-refractivity contribution in [3.63, 3.8) is 0 Å². The van der Waals surface area contributed by atoms with Gasteiger partial charge in [0.1, 0.15) is 0 Å². The highest BCUT2D eigenvalue weighted by molar-refractivity contribution is 9.10. The molecule has 0 radical (unpaired) electrons. The fourth-order valence-electron chi connectivity index (χ4n) is 0.915. The fourth-order valence-corrected chi connectivity index (χ4v) is 1.34. The lowest BCUT2D eigenvalue weighted by molar-refractivity contribution is 0.178. The van der Waals surface area contributed by atoms with Crippen LogP contribution in [0.1, 0.15) is 5.69 Å². The summed E-state index contributed by atoms with van der Waals surface area (Å²) in [5.74, 6) is 0. The van der Waals surface area contributed by atoms with Crippen molar-refractivity contribution in [1.82, 2.24) is 9.78 Å². The van der Waals surface area contributed by atoms with Gasteiger partial charge in [0.05, 0.1) is 36.1 Å². The molecular formula is C7H11BrN2O2. The minimum absolute atomic E-state index is 0.00963. The van der Waals surface area contributed by atoms with Crippen molar-refractivity contribution < 1.29 is 9.84 Å². The van der Waals surface area contributed by atoms with Crippen molar-refractivity contribution in [3.8, 4) is 0 Å². The fraction of sp³-hybridized carbons (Fsp3) is 0.571. The van der Waals surface area contributed by atoms with Crippen LogP contribution in [0, 0.1) is 0 Å². The Hall–Kier alpha value is -0.390. The molecule has 0 bridgehead atoms. The van der Waals surface area contributed by atoms with E-state index in [2.05, 4.69) is 21.0 Å². The molecule has 0 aliphatic rings. The zero-order valence-corrected chi connectivity index (χ0v) is 8.41. The van der Waals surface area contributed by atoms with Gasteiger partial charge in [-0.05, 0) is 15.9 Å². The topological polar surface area (TPSA) is 47.3 Å². The van der Waals surface area contributed by atoms with Gasteiger partial charge in [0.25, 0.3) is 0 Å². The predicted octanol–water partition coefficient (Wildman–Crippen LogP) is 0.784. The average molecular weight is 235 g/mol. The number of rotatable bonds is 4. The van der Waals surface area contributed by atoms with Gasteiger partial charge in [-0.25, -0.2) is 0 Å². The van der Waals surface area contributed by atoms with Crippen molar-refractivity contribution in [2.45, 2.75) is 13.2 Å². The molecule has 5 heteroatoms. The Morgan fingerprint density at radius 3 is 3.08 bits per heavy atom. The first-order valence-electron chi connectivity index (χ1n) is 3.59. The highest BCUT2D eigenvalue weighted by Gasteiger charge is 2.05. The van der Waals surface area contributed by atoms with Gasteiger partial charge in [0.2, 0.25) is 0 Å². The van der Waals surface area contributed by atoms with Crippen LogP contribution < -0.4 is 0 Å². The average Bonchev–Trinajstić information content (AvgIpc) is 2.43. The van der Waals surface area contributed by atoms with E-state index < -0.39 is 0 Å². The van der Waals surface area contributed by atoms with Crippen LogP contribution in [0.4, 0.5) is 0 Å². The molecular weight excluding hydrogens is 224 g/mol. The minimum Gasteiger partial charge on any atom is -0.390 e. The summed E-state index contributed by atoms with van der Waals surface area (Å²) in [6.07, 6.45) is 1.67. The largest absolute Gasteiger partial charge is 0.390 e. The summed E-state index contributed by atoms with van der Waals surface area (Å²) in [6.45, 7) is 1.25. The summed E-state index contributed by atoms with van der Waals surface area (Å²) < 4.78 is 7.45. The summed E-state index contributed by atoms with van der Waals surface area (Å²) in [6, 6.07) is 0. The summed E-state index contributed by atoms with van der Waals surface area (Å²) in [4.78, 5) is 0. The third-order valence-electron chi connectivity index (χ3n) is 1.55. The molecule has 0 spiro atoms. The number of methoxy groups -OCH3 is 1. The van der Waals surface area contributed by atoms with E-state index in [1.807, 2.05) is 0 Å². The van der Waals surface area contributed by atoms with Crippen molar-refractivity contribution in [2.75, 3.05) is 13.7 Å². The Morgan fingerprint density at radius 2 is 2.50 bits per heavy atom. The van der Waals surface area contributed by atoms with Crippen LogP contribution in [-0.4, -0.2) is 28.6 Å². The number of nitrogens with zero attached hydrogens (tertiary/aromatic N) is 2. The molecule has 68 valence electrons. The lowest BCUT2D eigenvalue weighted by Crippen LogP contribution is -2.09. The molecule has 4 nitrogen and oxygen atoms in total. The van der Waals surface area contributed by atoms with Gasteiger partial charge < -0.3 is 9.84 Å². The van der Waals surface area contributed by atoms with E-state index >= 15 is 0 Å². The van der Waals surface area contributed by atoms with Gasteiger partial charge >= 0.3 is 0 Å². The highest BCUT2D eigenvalue weighted by Crippen LogP contribution is 2.15. The molecule has 0 aliphatic carbocycles. The van der Waals surface area contributed by atoms with Crippen LogP contribution in [0.5, 0.6) is 0 Å². The molecule has 12 heavy (non-hydrogen) atoms. The number of ether oxygens (including phenoxy) is 1. The van der Waals surface area contributed by atoms with Crippen LogP contribution in [0.3, 0.4) is 0 Å². The molecule has 0 aliphatic heterocycles. The van der Waals surface area contributed by atoms with Crippen LogP contribution >= 0.6 is 15.9 Å². The number of hydrogen-bond acceptors (Lipinski definition) is 3. The second-order valence-electron chi connectivity index (χ2n) is 2.31. The SMILES string of the molecule is COCCn1ncc(Br)c1CO. The van der Waals surface area contributed by atoms with Gasteiger partial charge in [0.15, 0.2) is 0 Å². The van der Waals surface area contributed by atoms with Gasteiger partial charge in [-0.2, -0.15) is 5.10 Å². The van der Waals surface area contributed by atoms with Gasteiger partial charge in [-0.15, -0.1) is 0 Å². The summed E-state index contributed by atoms with van der Waals surface area (Å²) in [7, 11) is 1.64. The minimum atomic E-state index is -0.00963. The lowest BCUT2D eigenvalue weighted by atomic mass is 10.4. The smallest absolute Gasteiger partial charge is 0.0861 e. The van der Waals surface area contributed by atoms with Crippen LogP contribution in [-0.2, 0) is 17.9 Å². The van der Waals surface area contributed by atoms with Crippen molar-refractivity contribution in [2.24, 2.45) is 0 Å². The third-order valence-corrected chi connectivity index (χ3v) is 2.22. The van der Waals surface area contributed by atoms with Crippen LogP contribution in [0.15, 0.2) is 10.7 Å². The number of hydrogen-bond donors (Lipinski definition) is 1. The van der Waals surface area contributed by atoms with Crippen LogP contribution in [0.2, 0.25) is 0 Å². The lowest BCUT2D eigenvalue weighted by Gasteiger charge is -2.04. The van der Waals surface area contributed by atoms with E-state index in [-0.39, 0.29) is 6.61 Å². The zero-order valence-electron chi connectivity index (χ0n) is 6.83. The van der Waals surface area contributed by atoms with E-state index in [9.17, 15) is 0 Å². The number of aliphatic hydroxyl groups is 1. The predicted molar refractivity (Wildman–Crippen MR) is 47.7 cm³/mol. The van der Waals surface area contributed by atoms with E-state index in [4.69, 9.17) is 9.84 Å². The number of halogens is 1. The van der Waals surface area contributed by atoms with E-state index in [0.717, 1.165) is 10.2 Å². The normalized spacial score (nSPS) is 10.6. The first kappa shape index (κ1) is 9.70. The molecule has 0 amide bonds. The Morgan fingerprint density at radius 1 is 1.75 bits per heavy atom. The Bertz CT molecular complexity index is 250. The zero-order chi connectivity index (χ0) is 8.97. The van der Waals surface area contributed by atoms with E-state index in [1.165, 1.54) is 0 Å². The molecule has 1 N–H and O–H groups in total. The molecule has 0 unspecified atom stereocenters. The third kappa shape index (κ3) is 2.06. The molecule has 0 aromatic carbocycles. The van der Waals surface area contributed by atoms with Gasteiger partial charge in [-0.1, -0.05) is 0 Å². The first-order chi connectivity index (χ1) is 5.79. The molecule has 1 aromatic rings. The molecule has 0 atom stereocenters. The van der Waals surface area contributed by atoms with Gasteiger partial charge in [-0.3, -0.25) is 4.68 Å². The summed E-state index contributed by atoms with van der Waals surface area (Å²) in [5, 5.41) is 13.0. The molecule has 0 saturated heterocycles. The number of aliphatic hydroxyl groups excluding tert-OH is 1. The van der Waals surface area contributed by atoms with Gasteiger partial charge in [0, 0.05) is 7.11 Å². The first-order valence-corrected chi connectivity index (χ1v) is 4.39. The second-order valence-corrected chi connectivity index (χ2v) is 3.17. The van der Waals surface area contributed by atoms with Crippen LogP contribution in [0.25, 0.3) is 0 Å². The van der Waals surface area contributed by atoms with E-state index in [1.54, 1.807) is 18.0 Å². The summed E-state index contributed by atoms with van der Waals surface area (Å²) in [5.41, 5.74) is 0.784. The maximum atomic E-state index is 8.96. The monoisotopic (exact) mass is 234 g/mol. The maximum absolute atomic E-state index is 8.96. The molecule has 1 rings (SSSR count). The Labute approximate surface area is 79.3 Å². The van der Waals surface area contributed by atoms with Crippen molar-refractivity contribution in [3.05, 3.63) is 16.4 Å². The Balaban J connectivity index is 2.70. The summed E-state index contributed by atoms with van der Waals surface area (Å²) >= 11 is 3.29. The molecule has 1 heterocycles. The quantitative estimate of drug-likeness (QED) is 0.838.